The van der Waals surface area contributed by atoms with Crippen molar-refractivity contribution in [2.45, 2.75) is 6.04 Å². The Morgan fingerprint density at radius 3 is 2.65 bits per heavy atom. The van der Waals surface area contributed by atoms with Crippen LogP contribution in [-0.4, -0.2) is 23.9 Å². The van der Waals surface area contributed by atoms with Crippen LogP contribution in [0.15, 0.2) is 36.5 Å². The topological polar surface area (TPSA) is 47.1 Å². The molecule has 4 heteroatoms. The fourth-order valence-electron chi connectivity index (χ4n) is 1.86. The molecule has 0 radical (unpaired) electrons. The quantitative estimate of drug-likeness (QED) is 0.870. The summed E-state index contributed by atoms with van der Waals surface area (Å²) in [6.07, 6.45) is 1.77. The molecule has 0 aliphatic carbocycles. The summed E-state index contributed by atoms with van der Waals surface area (Å²) in [5.74, 6) is 0. The third-order valence-electron chi connectivity index (χ3n) is 2.92. The van der Waals surface area contributed by atoms with Gasteiger partial charge in [-0.1, -0.05) is 12.1 Å². The Hall–Kier alpha value is -1.81. The molecule has 1 aromatic heterocycles. The van der Waals surface area contributed by atoms with E-state index in [2.05, 4.69) is 22.1 Å². The van der Waals surface area contributed by atoms with Gasteiger partial charge >= 0.3 is 0 Å². The predicted octanol–water partition coefficient (Wildman–Crippen LogP) is 1.53. The van der Waals surface area contributed by atoms with Crippen molar-refractivity contribution >= 4 is 5.69 Å². The van der Waals surface area contributed by atoms with E-state index in [1.807, 2.05) is 44.0 Å². The number of anilines is 1. The van der Waals surface area contributed by atoms with E-state index >= 15 is 0 Å². The summed E-state index contributed by atoms with van der Waals surface area (Å²) in [5, 5.41) is 4.15. The molecule has 0 bridgehead atoms. The summed E-state index contributed by atoms with van der Waals surface area (Å²) in [7, 11) is 5.95. The van der Waals surface area contributed by atoms with Gasteiger partial charge in [-0.3, -0.25) is 4.68 Å². The Morgan fingerprint density at radius 2 is 2.06 bits per heavy atom. The minimum atomic E-state index is -0.137. The van der Waals surface area contributed by atoms with E-state index in [9.17, 15) is 0 Å². The lowest BCUT2D eigenvalue weighted by molar-refractivity contribution is 0.673. The van der Waals surface area contributed by atoms with Gasteiger partial charge < -0.3 is 10.6 Å². The summed E-state index contributed by atoms with van der Waals surface area (Å²) in [4.78, 5) is 2.07. The number of hydrogen-bond acceptors (Lipinski definition) is 3. The molecule has 90 valence electrons. The molecule has 2 N–H and O–H groups in total. The molecular weight excluding hydrogens is 212 g/mol. The average Bonchev–Trinajstić information content (AvgIpc) is 2.74. The molecule has 1 unspecified atom stereocenters. The molecule has 2 aromatic rings. The SMILES string of the molecule is CN(C)c1cccc(C(N)c2ccnn2C)c1. The lowest BCUT2D eigenvalue weighted by Crippen LogP contribution is -2.17. The summed E-state index contributed by atoms with van der Waals surface area (Å²) >= 11 is 0. The van der Waals surface area contributed by atoms with Crippen LogP contribution in [0.2, 0.25) is 0 Å². The highest BCUT2D eigenvalue weighted by Crippen LogP contribution is 2.22. The Morgan fingerprint density at radius 1 is 1.29 bits per heavy atom. The third kappa shape index (κ3) is 2.31. The van der Waals surface area contributed by atoms with Gasteiger partial charge in [0.1, 0.15) is 0 Å². The second kappa shape index (κ2) is 4.59. The van der Waals surface area contributed by atoms with Crippen molar-refractivity contribution in [1.82, 2.24) is 9.78 Å². The number of benzene rings is 1. The van der Waals surface area contributed by atoms with E-state index < -0.39 is 0 Å². The van der Waals surface area contributed by atoms with Crippen LogP contribution in [0.1, 0.15) is 17.3 Å². The number of hydrogen-bond donors (Lipinski definition) is 1. The summed E-state index contributed by atoms with van der Waals surface area (Å²) in [6, 6.07) is 10.1. The van der Waals surface area contributed by atoms with E-state index in [1.165, 1.54) is 0 Å². The van der Waals surface area contributed by atoms with Crippen molar-refractivity contribution in [2.24, 2.45) is 12.8 Å². The van der Waals surface area contributed by atoms with Gasteiger partial charge in [0.05, 0.1) is 11.7 Å². The molecule has 2 rings (SSSR count). The fourth-order valence-corrected chi connectivity index (χ4v) is 1.86. The fraction of sp³-hybridized carbons (Fsp3) is 0.308. The van der Waals surface area contributed by atoms with Gasteiger partial charge in [0.25, 0.3) is 0 Å². The molecular formula is C13H18N4. The van der Waals surface area contributed by atoms with Crippen LogP contribution in [0.25, 0.3) is 0 Å². The lowest BCUT2D eigenvalue weighted by Gasteiger charge is -2.17. The highest BCUT2D eigenvalue weighted by Gasteiger charge is 2.12. The van der Waals surface area contributed by atoms with E-state index in [0.717, 1.165) is 16.9 Å². The Kier molecular flexibility index (Phi) is 3.15. The van der Waals surface area contributed by atoms with E-state index in [1.54, 1.807) is 6.20 Å². The predicted molar refractivity (Wildman–Crippen MR) is 70.0 cm³/mol. The maximum Gasteiger partial charge on any atom is 0.0723 e. The standard InChI is InChI=1S/C13H18N4/c1-16(2)11-6-4-5-10(9-11)13(14)12-7-8-15-17(12)3/h4-9,13H,14H2,1-3H3. The van der Waals surface area contributed by atoms with Crippen molar-refractivity contribution < 1.29 is 0 Å². The zero-order valence-electron chi connectivity index (χ0n) is 10.5. The number of nitrogens with two attached hydrogens (primary N) is 1. The van der Waals surface area contributed by atoms with Crippen LogP contribution < -0.4 is 10.6 Å². The molecule has 0 aliphatic rings. The van der Waals surface area contributed by atoms with E-state index in [-0.39, 0.29) is 6.04 Å². The van der Waals surface area contributed by atoms with Crippen molar-refractivity contribution in [2.75, 3.05) is 19.0 Å². The Labute approximate surface area is 102 Å². The van der Waals surface area contributed by atoms with Gasteiger partial charge in [0.2, 0.25) is 0 Å². The summed E-state index contributed by atoms with van der Waals surface area (Å²) < 4.78 is 1.81. The zero-order valence-corrected chi connectivity index (χ0v) is 10.5. The van der Waals surface area contributed by atoms with E-state index in [0.29, 0.717) is 0 Å². The highest BCUT2D eigenvalue weighted by atomic mass is 15.3. The average molecular weight is 230 g/mol. The molecule has 0 aliphatic heterocycles. The van der Waals surface area contributed by atoms with Crippen LogP contribution in [0.4, 0.5) is 5.69 Å². The van der Waals surface area contributed by atoms with Gasteiger partial charge in [-0.25, -0.2) is 0 Å². The molecule has 4 nitrogen and oxygen atoms in total. The Bertz CT molecular complexity index is 502. The number of aromatic nitrogens is 2. The molecule has 1 heterocycles. The summed E-state index contributed by atoms with van der Waals surface area (Å²) in [5.41, 5.74) is 9.52. The molecule has 17 heavy (non-hydrogen) atoms. The normalized spacial score (nSPS) is 12.5. The van der Waals surface area contributed by atoms with Gasteiger partial charge in [-0.2, -0.15) is 5.10 Å². The first-order valence-electron chi connectivity index (χ1n) is 5.60. The first-order valence-corrected chi connectivity index (χ1v) is 5.60. The first kappa shape index (κ1) is 11.7. The monoisotopic (exact) mass is 230 g/mol. The van der Waals surface area contributed by atoms with Gasteiger partial charge in [0, 0.05) is 33.0 Å². The van der Waals surface area contributed by atoms with Gasteiger partial charge in [-0.15, -0.1) is 0 Å². The maximum absolute atomic E-state index is 6.25. The van der Waals surface area contributed by atoms with Crippen molar-refractivity contribution in [3.05, 3.63) is 47.8 Å². The lowest BCUT2D eigenvalue weighted by atomic mass is 10.0. The molecule has 0 saturated heterocycles. The minimum Gasteiger partial charge on any atom is -0.378 e. The van der Waals surface area contributed by atoms with Gasteiger partial charge in [-0.05, 0) is 23.8 Å². The van der Waals surface area contributed by atoms with Crippen LogP contribution in [0.5, 0.6) is 0 Å². The van der Waals surface area contributed by atoms with E-state index in [4.69, 9.17) is 5.73 Å². The molecule has 0 saturated carbocycles. The first-order chi connectivity index (χ1) is 8.09. The molecule has 0 spiro atoms. The second-order valence-electron chi connectivity index (χ2n) is 4.35. The zero-order chi connectivity index (χ0) is 12.4. The van der Waals surface area contributed by atoms with Crippen LogP contribution >= 0.6 is 0 Å². The third-order valence-corrected chi connectivity index (χ3v) is 2.92. The smallest absolute Gasteiger partial charge is 0.0723 e. The van der Waals surface area contributed by atoms with Crippen LogP contribution in [0.3, 0.4) is 0 Å². The molecule has 0 fully saturated rings. The molecule has 1 atom stereocenters. The maximum atomic E-state index is 6.25. The summed E-state index contributed by atoms with van der Waals surface area (Å²) in [6.45, 7) is 0. The molecule has 0 amide bonds. The Balaban J connectivity index is 2.34. The van der Waals surface area contributed by atoms with Crippen molar-refractivity contribution in [3.63, 3.8) is 0 Å². The van der Waals surface area contributed by atoms with Crippen molar-refractivity contribution in [1.29, 1.82) is 0 Å². The largest absolute Gasteiger partial charge is 0.378 e. The van der Waals surface area contributed by atoms with Crippen LogP contribution in [-0.2, 0) is 7.05 Å². The van der Waals surface area contributed by atoms with Gasteiger partial charge in [0.15, 0.2) is 0 Å². The van der Waals surface area contributed by atoms with Crippen LogP contribution in [0, 0.1) is 0 Å². The second-order valence-corrected chi connectivity index (χ2v) is 4.35. The number of nitrogens with zero attached hydrogens (tertiary/aromatic N) is 3. The highest BCUT2D eigenvalue weighted by molar-refractivity contribution is 5.48. The number of aryl methyl sites for hydroxylation is 1. The number of rotatable bonds is 3. The van der Waals surface area contributed by atoms with Crippen molar-refractivity contribution in [3.8, 4) is 0 Å². The minimum absolute atomic E-state index is 0.137. The molecule has 1 aromatic carbocycles.